The van der Waals surface area contributed by atoms with E-state index >= 15 is 0 Å². The molecule has 0 saturated heterocycles. The molecule has 1 aliphatic heterocycles. The van der Waals surface area contributed by atoms with Crippen LogP contribution < -0.4 is 5.32 Å². The number of hydrogen-bond donors (Lipinski definition) is 1. The second-order valence-corrected chi connectivity index (χ2v) is 3.73. The number of nitrogens with one attached hydrogen (secondary N) is 1. The van der Waals surface area contributed by atoms with Crippen molar-refractivity contribution in [2.45, 2.75) is 12.8 Å². The highest BCUT2D eigenvalue weighted by Crippen LogP contribution is 2.53. The summed E-state index contributed by atoms with van der Waals surface area (Å²) < 4.78 is 0. The lowest BCUT2D eigenvalue weighted by Crippen LogP contribution is -2.32. The molecule has 1 heterocycles. The van der Waals surface area contributed by atoms with Crippen molar-refractivity contribution in [3.63, 3.8) is 0 Å². The molecule has 1 spiro atoms. The van der Waals surface area contributed by atoms with Gasteiger partial charge in [-0.25, -0.2) is 0 Å². The van der Waals surface area contributed by atoms with E-state index in [-0.39, 0.29) is 0 Å². The minimum absolute atomic E-state index is 0.448. The smallest absolute Gasteiger partial charge is 0.0208 e. The lowest BCUT2D eigenvalue weighted by molar-refractivity contribution is 0.517. The summed E-state index contributed by atoms with van der Waals surface area (Å²) in [6.07, 6.45) is 6.62. The van der Waals surface area contributed by atoms with Gasteiger partial charge in [0.1, 0.15) is 0 Å². The molecule has 0 unspecified atom stereocenters. The summed E-state index contributed by atoms with van der Waals surface area (Å²) in [5, 5.41) is 3.43. The van der Waals surface area contributed by atoms with Crippen LogP contribution in [0.2, 0.25) is 0 Å². The second-order valence-electron chi connectivity index (χ2n) is 3.73. The minimum atomic E-state index is 0.448. The number of hydrogen-bond acceptors (Lipinski definition) is 1. The molecule has 0 radical (unpaired) electrons. The first-order chi connectivity index (χ1) is 5.82. The topological polar surface area (TPSA) is 12.0 Å². The molecule has 0 amide bonds. The molecule has 1 heteroatoms. The van der Waals surface area contributed by atoms with Crippen LogP contribution in [-0.4, -0.2) is 13.1 Å². The Kier molecular flexibility index (Phi) is 1.69. The zero-order valence-corrected chi connectivity index (χ0v) is 7.40. The van der Waals surface area contributed by atoms with Crippen molar-refractivity contribution in [3.8, 4) is 0 Å². The van der Waals surface area contributed by atoms with Crippen molar-refractivity contribution >= 4 is 0 Å². The Morgan fingerprint density at radius 2 is 2.00 bits per heavy atom. The van der Waals surface area contributed by atoms with Crippen LogP contribution in [0.5, 0.6) is 0 Å². The molecule has 1 nitrogen and oxygen atoms in total. The molecule has 0 aromatic rings. The highest BCUT2D eigenvalue weighted by atomic mass is 14.9. The van der Waals surface area contributed by atoms with E-state index in [4.69, 9.17) is 0 Å². The van der Waals surface area contributed by atoms with E-state index in [1.165, 1.54) is 24.0 Å². The highest BCUT2D eigenvalue weighted by Gasteiger charge is 2.46. The standard InChI is InChI=1S/C11H15N/c1-3-9-7-12-8-11(5-6-11)10(9)4-2/h3-4,12H,1-2,5-8H2. The monoisotopic (exact) mass is 161 g/mol. The van der Waals surface area contributed by atoms with Gasteiger partial charge in [-0.1, -0.05) is 25.3 Å². The van der Waals surface area contributed by atoms with Gasteiger partial charge in [0.25, 0.3) is 0 Å². The minimum Gasteiger partial charge on any atom is -0.312 e. The summed E-state index contributed by atoms with van der Waals surface area (Å²) >= 11 is 0. The molecule has 12 heavy (non-hydrogen) atoms. The first kappa shape index (κ1) is 7.81. The van der Waals surface area contributed by atoms with Crippen molar-refractivity contribution in [3.05, 3.63) is 36.5 Å². The number of rotatable bonds is 2. The largest absolute Gasteiger partial charge is 0.312 e. The van der Waals surface area contributed by atoms with Gasteiger partial charge in [0.15, 0.2) is 0 Å². The van der Waals surface area contributed by atoms with Crippen LogP contribution in [0, 0.1) is 5.41 Å². The van der Waals surface area contributed by atoms with E-state index in [0.29, 0.717) is 5.41 Å². The molecule has 1 fully saturated rings. The molecule has 1 saturated carbocycles. The molecule has 0 bridgehead atoms. The second kappa shape index (κ2) is 2.60. The summed E-state index contributed by atoms with van der Waals surface area (Å²) in [7, 11) is 0. The maximum absolute atomic E-state index is 3.88. The van der Waals surface area contributed by atoms with Gasteiger partial charge in [-0.2, -0.15) is 0 Å². The van der Waals surface area contributed by atoms with Gasteiger partial charge in [-0.05, 0) is 24.0 Å². The zero-order valence-electron chi connectivity index (χ0n) is 7.40. The van der Waals surface area contributed by atoms with E-state index in [9.17, 15) is 0 Å². The van der Waals surface area contributed by atoms with Crippen molar-refractivity contribution in [2.75, 3.05) is 13.1 Å². The van der Waals surface area contributed by atoms with E-state index in [2.05, 4.69) is 18.5 Å². The van der Waals surface area contributed by atoms with Gasteiger partial charge in [-0.15, -0.1) is 0 Å². The lowest BCUT2D eigenvalue weighted by Gasteiger charge is -2.26. The SMILES string of the molecule is C=CC1=C(C=C)C2(CC2)CNC1. The van der Waals surface area contributed by atoms with Crippen LogP contribution in [-0.2, 0) is 0 Å². The van der Waals surface area contributed by atoms with Crippen LogP contribution in [0.4, 0.5) is 0 Å². The summed E-state index contributed by atoms with van der Waals surface area (Å²) in [5.74, 6) is 0. The van der Waals surface area contributed by atoms with Gasteiger partial charge in [-0.3, -0.25) is 0 Å². The maximum Gasteiger partial charge on any atom is 0.0208 e. The van der Waals surface area contributed by atoms with Gasteiger partial charge < -0.3 is 5.32 Å². The van der Waals surface area contributed by atoms with Crippen molar-refractivity contribution < 1.29 is 0 Å². The van der Waals surface area contributed by atoms with Crippen molar-refractivity contribution in [1.82, 2.24) is 5.32 Å². The molecule has 2 aliphatic rings. The van der Waals surface area contributed by atoms with E-state index in [1.807, 2.05) is 12.2 Å². The molecule has 2 rings (SSSR count). The van der Waals surface area contributed by atoms with Gasteiger partial charge in [0, 0.05) is 18.5 Å². The third kappa shape index (κ3) is 0.969. The van der Waals surface area contributed by atoms with Gasteiger partial charge in [0.05, 0.1) is 0 Å². The first-order valence-electron chi connectivity index (χ1n) is 4.52. The number of allylic oxidation sites excluding steroid dienone is 1. The normalized spacial score (nSPS) is 25.7. The van der Waals surface area contributed by atoms with Crippen molar-refractivity contribution in [1.29, 1.82) is 0 Å². The van der Waals surface area contributed by atoms with Gasteiger partial charge >= 0.3 is 0 Å². The van der Waals surface area contributed by atoms with E-state index in [0.717, 1.165) is 13.1 Å². The first-order valence-corrected chi connectivity index (χ1v) is 4.52. The Hall–Kier alpha value is -0.820. The molecule has 0 aromatic heterocycles. The fraction of sp³-hybridized carbons (Fsp3) is 0.455. The predicted octanol–water partition coefficient (Wildman–Crippen LogP) is 2.04. The van der Waals surface area contributed by atoms with Crippen molar-refractivity contribution in [2.24, 2.45) is 5.41 Å². The summed E-state index contributed by atoms with van der Waals surface area (Å²) in [5.41, 5.74) is 3.23. The fourth-order valence-electron chi connectivity index (χ4n) is 2.09. The average Bonchev–Trinajstić information content (AvgIpc) is 2.85. The Morgan fingerprint density at radius 3 is 2.50 bits per heavy atom. The van der Waals surface area contributed by atoms with E-state index in [1.54, 1.807) is 0 Å². The summed E-state index contributed by atoms with van der Waals surface area (Å²) in [6, 6.07) is 0. The molecular weight excluding hydrogens is 146 g/mol. The Bertz CT molecular complexity index is 256. The van der Waals surface area contributed by atoms with Crippen LogP contribution in [0.1, 0.15) is 12.8 Å². The van der Waals surface area contributed by atoms with Gasteiger partial charge in [0.2, 0.25) is 0 Å². The summed E-state index contributed by atoms with van der Waals surface area (Å²) in [6.45, 7) is 9.81. The Morgan fingerprint density at radius 1 is 1.25 bits per heavy atom. The molecule has 1 aliphatic carbocycles. The molecule has 0 atom stereocenters. The molecule has 0 aromatic carbocycles. The third-order valence-electron chi connectivity index (χ3n) is 3.00. The fourth-order valence-corrected chi connectivity index (χ4v) is 2.09. The lowest BCUT2D eigenvalue weighted by atomic mass is 9.88. The van der Waals surface area contributed by atoms with E-state index < -0.39 is 0 Å². The quantitative estimate of drug-likeness (QED) is 0.653. The molecular formula is C11H15N. The predicted molar refractivity (Wildman–Crippen MR) is 52.0 cm³/mol. The van der Waals surface area contributed by atoms with Crippen LogP contribution in [0.25, 0.3) is 0 Å². The Labute approximate surface area is 73.9 Å². The summed E-state index contributed by atoms with van der Waals surface area (Å²) in [4.78, 5) is 0. The highest BCUT2D eigenvalue weighted by molar-refractivity contribution is 5.43. The zero-order chi connectivity index (χ0) is 8.60. The maximum atomic E-state index is 3.88. The Balaban J connectivity index is 2.40. The third-order valence-corrected chi connectivity index (χ3v) is 3.00. The van der Waals surface area contributed by atoms with Crippen LogP contribution in [0.15, 0.2) is 36.5 Å². The molecule has 1 N–H and O–H groups in total. The van der Waals surface area contributed by atoms with Crippen LogP contribution >= 0.6 is 0 Å². The average molecular weight is 161 g/mol. The van der Waals surface area contributed by atoms with Crippen LogP contribution in [0.3, 0.4) is 0 Å². The molecule has 64 valence electrons.